The molecule has 1 aliphatic heterocycles. The second-order valence-electron chi connectivity index (χ2n) is 6.32. The number of aromatic nitrogens is 1. The van der Waals surface area contributed by atoms with Gasteiger partial charge in [0.2, 0.25) is 5.89 Å². The van der Waals surface area contributed by atoms with Crippen molar-refractivity contribution in [2.24, 2.45) is 0 Å². The molecule has 0 bridgehead atoms. The Morgan fingerprint density at radius 1 is 1.29 bits per heavy atom. The van der Waals surface area contributed by atoms with Crippen LogP contribution < -0.4 is 4.74 Å². The maximum Gasteiger partial charge on any atom is 0.229 e. The van der Waals surface area contributed by atoms with Crippen molar-refractivity contribution in [2.75, 3.05) is 20.2 Å². The third-order valence-electron chi connectivity index (χ3n) is 4.17. The van der Waals surface area contributed by atoms with Crippen molar-refractivity contribution in [3.8, 4) is 17.2 Å². The lowest BCUT2D eigenvalue weighted by Crippen LogP contribution is -2.44. The van der Waals surface area contributed by atoms with Crippen LogP contribution in [-0.2, 0) is 11.3 Å². The maximum atomic E-state index is 14.1. The molecule has 1 aromatic carbocycles. The van der Waals surface area contributed by atoms with Gasteiger partial charge in [-0.1, -0.05) is 0 Å². The summed E-state index contributed by atoms with van der Waals surface area (Å²) in [6.45, 7) is 8.35. The molecule has 6 heteroatoms. The Bertz CT molecular complexity index is 706. The summed E-state index contributed by atoms with van der Waals surface area (Å²) in [7, 11) is 1.55. The summed E-state index contributed by atoms with van der Waals surface area (Å²) in [5, 5.41) is 0. The number of methoxy groups -OCH3 is 1. The average molecular weight is 334 g/mol. The van der Waals surface area contributed by atoms with Gasteiger partial charge in [-0.25, -0.2) is 9.37 Å². The van der Waals surface area contributed by atoms with Crippen LogP contribution in [0.3, 0.4) is 0 Å². The Balaban J connectivity index is 1.83. The highest BCUT2D eigenvalue weighted by Crippen LogP contribution is 2.28. The summed E-state index contributed by atoms with van der Waals surface area (Å²) in [5.74, 6) is 1.18. The van der Waals surface area contributed by atoms with E-state index in [0.29, 0.717) is 23.6 Å². The second kappa shape index (κ2) is 6.91. The molecule has 2 atom stereocenters. The van der Waals surface area contributed by atoms with Gasteiger partial charge in [-0.3, -0.25) is 4.90 Å². The lowest BCUT2D eigenvalue weighted by molar-refractivity contribution is -0.0708. The number of hydrogen-bond acceptors (Lipinski definition) is 5. The van der Waals surface area contributed by atoms with Crippen LogP contribution in [0.25, 0.3) is 11.5 Å². The fourth-order valence-corrected chi connectivity index (χ4v) is 3.11. The average Bonchev–Trinajstić information content (AvgIpc) is 2.87. The molecule has 3 rings (SSSR count). The van der Waals surface area contributed by atoms with Crippen molar-refractivity contribution in [3.05, 3.63) is 35.5 Å². The number of ether oxygens (including phenoxy) is 2. The monoisotopic (exact) mass is 334 g/mol. The van der Waals surface area contributed by atoms with E-state index >= 15 is 0 Å². The van der Waals surface area contributed by atoms with Crippen LogP contribution in [0, 0.1) is 12.7 Å². The summed E-state index contributed by atoms with van der Waals surface area (Å²) < 4.78 is 30.7. The Kier molecular flexibility index (Phi) is 4.87. The smallest absolute Gasteiger partial charge is 0.229 e. The number of morpholine rings is 1. The number of aryl methyl sites for hydroxylation is 1. The molecule has 1 saturated heterocycles. The van der Waals surface area contributed by atoms with Crippen molar-refractivity contribution < 1.29 is 18.3 Å². The molecular weight excluding hydrogens is 311 g/mol. The fourth-order valence-electron chi connectivity index (χ4n) is 3.11. The molecule has 0 radical (unpaired) electrons. The zero-order chi connectivity index (χ0) is 17.3. The minimum atomic E-state index is -0.378. The zero-order valence-electron chi connectivity index (χ0n) is 14.5. The summed E-state index contributed by atoms with van der Waals surface area (Å²) in [6, 6.07) is 4.54. The molecule has 1 aromatic heterocycles. The van der Waals surface area contributed by atoms with Crippen molar-refractivity contribution in [3.63, 3.8) is 0 Å². The van der Waals surface area contributed by atoms with Gasteiger partial charge < -0.3 is 13.9 Å². The van der Waals surface area contributed by atoms with Crippen LogP contribution in [-0.4, -0.2) is 42.3 Å². The normalized spacial score (nSPS) is 21.9. The van der Waals surface area contributed by atoms with Gasteiger partial charge in [-0.05, 0) is 39.0 Å². The predicted molar refractivity (Wildman–Crippen MR) is 88.5 cm³/mol. The van der Waals surface area contributed by atoms with E-state index in [9.17, 15) is 4.39 Å². The molecule has 1 aliphatic rings. The molecule has 24 heavy (non-hydrogen) atoms. The summed E-state index contributed by atoms with van der Waals surface area (Å²) >= 11 is 0. The van der Waals surface area contributed by atoms with Gasteiger partial charge in [0, 0.05) is 19.6 Å². The third kappa shape index (κ3) is 3.60. The first-order valence-corrected chi connectivity index (χ1v) is 8.14. The highest BCUT2D eigenvalue weighted by Gasteiger charge is 2.24. The predicted octanol–water partition coefficient (Wildman–Crippen LogP) is 3.41. The highest BCUT2D eigenvalue weighted by molar-refractivity contribution is 5.57. The first-order valence-electron chi connectivity index (χ1n) is 8.14. The maximum absolute atomic E-state index is 14.1. The van der Waals surface area contributed by atoms with Gasteiger partial charge >= 0.3 is 0 Å². The van der Waals surface area contributed by atoms with Crippen LogP contribution in [0.4, 0.5) is 4.39 Å². The fraction of sp³-hybridized carbons (Fsp3) is 0.500. The van der Waals surface area contributed by atoms with Crippen molar-refractivity contribution >= 4 is 0 Å². The molecule has 0 aliphatic carbocycles. The number of rotatable bonds is 4. The Morgan fingerprint density at radius 2 is 2.00 bits per heavy atom. The summed E-state index contributed by atoms with van der Waals surface area (Å²) in [4.78, 5) is 6.80. The summed E-state index contributed by atoms with van der Waals surface area (Å²) in [6.07, 6.45) is 0.382. The topological polar surface area (TPSA) is 47.7 Å². The molecule has 2 aromatic rings. The van der Waals surface area contributed by atoms with Gasteiger partial charge in [-0.2, -0.15) is 0 Å². The van der Waals surface area contributed by atoms with E-state index in [1.165, 1.54) is 6.07 Å². The number of nitrogens with zero attached hydrogens (tertiary/aromatic N) is 2. The van der Waals surface area contributed by atoms with E-state index in [1.807, 2.05) is 6.92 Å². The SMILES string of the molecule is COc1ccc(F)c(-c2nc(CN3C[C@@H](C)O[C@@H](C)C3)c(C)o2)c1. The molecule has 130 valence electrons. The highest BCUT2D eigenvalue weighted by atomic mass is 19.1. The van der Waals surface area contributed by atoms with Crippen LogP contribution in [0.2, 0.25) is 0 Å². The zero-order valence-corrected chi connectivity index (χ0v) is 14.5. The van der Waals surface area contributed by atoms with E-state index in [2.05, 4.69) is 23.7 Å². The quantitative estimate of drug-likeness (QED) is 0.857. The first-order chi connectivity index (χ1) is 11.5. The van der Waals surface area contributed by atoms with E-state index in [0.717, 1.165) is 18.8 Å². The third-order valence-corrected chi connectivity index (χ3v) is 4.17. The molecule has 0 amide bonds. The first kappa shape index (κ1) is 16.9. The Hall–Kier alpha value is -1.92. The minimum Gasteiger partial charge on any atom is -0.497 e. The molecular formula is C18H23FN2O3. The molecule has 0 spiro atoms. The van der Waals surface area contributed by atoms with Crippen LogP contribution in [0.15, 0.2) is 22.6 Å². The number of halogens is 1. The molecule has 2 heterocycles. The Labute approximate surface area is 141 Å². The molecule has 5 nitrogen and oxygen atoms in total. The minimum absolute atomic E-state index is 0.191. The van der Waals surface area contributed by atoms with Gasteiger partial charge in [0.05, 0.1) is 30.6 Å². The molecule has 0 unspecified atom stereocenters. The largest absolute Gasteiger partial charge is 0.497 e. The summed E-state index contributed by atoms with van der Waals surface area (Å²) in [5.41, 5.74) is 1.14. The lowest BCUT2D eigenvalue weighted by Gasteiger charge is -2.34. The molecule has 0 N–H and O–H groups in total. The number of hydrogen-bond donors (Lipinski definition) is 0. The molecule has 1 fully saturated rings. The van der Waals surface area contributed by atoms with E-state index < -0.39 is 0 Å². The van der Waals surface area contributed by atoms with Crippen molar-refractivity contribution in [1.82, 2.24) is 9.88 Å². The number of oxazole rings is 1. The standard InChI is InChI=1S/C18H23FN2O3/c1-11-8-21(9-12(2)23-11)10-17-13(3)24-18(20-17)15-7-14(22-4)5-6-16(15)19/h5-7,11-12H,8-10H2,1-4H3/t11-,12+. The van der Waals surface area contributed by atoms with Gasteiger partial charge in [0.25, 0.3) is 0 Å². The van der Waals surface area contributed by atoms with Gasteiger partial charge in [0.1, 0.15) is 17.3 Å². The van der Waals surface area contributed by atoms with E-state index in [1.54, 1.807) is 19.2 Å². The second-order valence-corrected chi connectivity index (χ2v) is 6.32. The van der Waals surface area contributed by atoms with Gasteiger partial charge in [-0.15, -0.1) is 0 Å². The van der Waals surface area contributed by atoms with E-state index in [-0.39, 0.29) is 23.9 Å². The van der Waals surface area contributed by atoms with Gasteiger partial charge in [0.15, 0.2) is 0 Å². The van der Waals surface area contributed by atoms with Crippen LogP contribution >= 0.6 is 0 Å². The van der Waals surface area contributed by atoms with E-state index in [4.69, 9.17) is 13.9 Å². The van der Waals surface area contributed by atoms with Crippen LogP contribution in [0.1, 0.15) is 25.3 Å². The van der Waals surface area contributed by atoms with Crippen molar-refractivity contribution in [2.45, 2.75) is 39.5 Å². The molecule has 0 saturated carbocycles. The van der Waals surface area contributed by atoms with Crippen LogP contribution in [0.5, 0.6) is 5.75 Å². The number of benzene rings is 1. The van der Waals surface area contributed by atoms with Crippen molar-refractivity contribution in [1.29, 1.82) is 0 Å². The Morgan fingerprint density at radius 3 is 2.67 bits per heavy atom. The lowest BCUT2D eigenvalue weighted by atomic mass is 10.2.